The fraction of sp³-hybridized carbons (Fsp3) is 0.370. The van der Waals surface area contributed by atoms with Crippen LogP contribution in [0.5, 0.6) is 0 Å². The van der Waals surface area contributed by atoms with Crippen LogP contribution in [0.2, 0.25) is 0 Å². The van der Waals surface area contributed by atoms with Crippen molar-refractivity contribution >= 4 is 27.1 Å². The van der Waals surface area contributed by atoms with Crippen LogP contribution in [-0.2, 0) is 13.0 Å². The molecule has 0 amide bonds. The molecule has 0 aliphatic carbocycles. The molecule has 1 N–H and O–H groups in total. The largest absolute Gasteiger partial charge is 0.300 e. The van der Waals surface area contributed by atoms with Crippen molar-refractivity contribution in [3.05, 3.63) is 90.9 Å². The number of hydrogen-bond acceptors (Lipinski definition) is 5. The van der Waals surface area contributed by atoms with E-state index in [1.54, 1.807) is 10.9 Å². The van der Waals surface area contributed by atoms with E-state index in [2.05, 4.69) is 90.2 Å². The maximum atomic E-state index is 12.8. The SMILES string of the molecule is CC(C)=C/C=C(\C=C(C)C)c1cnc2c(c1)CN(C1Nn3c(ncc(Br)c3=O)C(C)=C1C)CC2. The highest BCUT2D eigenvalue weighted by Crippen LogP contribution is 2.29. The average Bonchev–Trinajstić information content (AvgIpc) is 2.80. The predicted molar refractivity (Wildman–Crippen MR) is 143 cm³/mol. The van der Waals surface area contributed by atoms with E-state index < -0.39 is 0 Å². The van der Waals surface area contributed by atoms with E-state index in [4.69, 9.17) is 4.98 Å². The highest BCUT2D eigenvalue weighted by molar-refractivity contribution is 9.10. The summed E-state index contributed by atoms with van der Waals surface area (Å²) >= 11 is 3.32. The summed E-state index contributed by atoms with van der Waals surface area (Å²) < 4.78 is 2.01. The van der Waals surface area contributed by atoms with Gasteiger partial charge in [0, 0.05) is 43.2 Å². The van der Waals surface area contributed by atoms with E-state index in [1.165, 1.54) is 22.3 Å². The highest BCUT2D eigenvalue weighted by atomic mass is 79.9. The predicted octanol–water partition coefficient (Wildman–Crippen LogP) is 5.45. The highest BCUT2D eigenvalue weighted by Gasteiger charge is 2.31. The molecule has 0 fully saturated rings. The van der Waals surface area contributed by atoms with Crippen molar-refractivity contribution in [3.8, 4) is 0 Å². The van der Waals surface area contributed by atoms with Crippen molar-refractivity contribution in [1.29, 1.82) is 0 Å². The smallest absolute Gasteiger partial charge is 0.286 e. The lowest BCUT2D eigenvalue weighted by Gasteiger charge is -2.40. The average molecular weight is 522 g/mol. The minimum absolute atomic E-state index is 0.0865. The first-order chi connectivity index (χ1) is 16.2. The maximum Gasteiger partial charge on any atom is 0.286 e. The summed E-state index contributed by atoms with van der Waals surface area (Å²) in [5, 5.41) is 0. The number of allylic oxidation sites excluding steroid dienone is 7. The van der Waals surface area contributed by atoms with Crippen molar-refractivity contribution in [3.63, 3.8) is 0 Å². The molecule has 0 bridgehead atoms. The van der Waals surface area contributed by atoms with Gasteiger partial charge in [0.15, 0.2) is 5.82 Å². The molecule has 0 aromatic carbocycles. The summed E-state index contributed by atoms with van der Waals surface area (Å²) in [4.78, 5) is 24.4. The van der Waals surface area contributed by atoms with Gasteiger partial charge >= 0.3 is 0 Å². The first-order valence-corrected chi connectivity index (χ1v) is 12.4. The van der Waals surface area contributed by atoms with E-state index in [0.717, 1.165) is 41.9 Å². The molecule has 0 saturated heterocycles. The minimum atomic E-state index is -0.126. The van der Waals surface area contributed by atoms with Crippen molar-refractivity contribution in [2.45, 2.75) is 60.7 Å². The van der Waals surface area contributed by atoms with Crippen LogP contribution in [0.1, 0.15) is 64.2 Å². The summed E-state index contributed by atoms with van der Waals surface area (Å²) in [6.45, 7) is 14.2. The zero-order valence-corrected chi connectivity index (χ0v) is 22.3. The molecule has 4 rings (SSSR count). The molecular weight excluding hydrogens is 490 g/mol. The molecule has 2 aliphatic rings. The number of aromatic nitrogens is 3. The summed E-state index contributed by atoms with van der Waals surface area (Å²) in [5.74, 6) is 0.666. The van der Waals surface area contributed by atoms with E-state index in [0.29, 0.717) is 10.3 Å². The molecule has 7 heteroatoms. The Labute approximate surface area is 209 Å². The first-order valence-electron chi connectivity index (χ1n) is 11.6. The third-order valence-corrected chi connectivity index (χ3v) is 6.86. The Kier molecular flexibility index (Phi) is 7.05. The van der Waals surface area contributed by atoms with Crippen LogP contribution >= 0.6 is 15.9 Å². The van der Waals surface area contributed by atoms with Crippen molar-refractivity contribution in [1.82, 2.24) is 19.5 Å². The Morgan fingerprint density at radius 3 is 2.59 bits per heavy atom. The molecule has 1 atom stereocenters. The summed E-state index contributed by atoms with van der Waals surface area (Å²) in [6, 6.07) is 2.27. The molecule has 0 radical (unpaired) electrons. The first kappa shape index (κ1) is 24.4. The lowest BCUT2D eigenvalue weighted by Crippen LogP contribution is -2.52. The van der Waals surface area contributed by atoms with Crippen LogP contribution in [0.3, 0.4) is 0 Å². The molecule has 2 aromatic rings. The topological polar surface area (TPSA) is 63.1 Å². The van der Waals surface area contributed by atoms with Gasteiger partial charge in [-0.15, -0.1) is 0 Å². The van der Waals surface area contributed by atoms with E-state index >= 15 is 0 Å². The summed E-state index contributed by atoms with van der Waals surface area (Å²) in [7, 11) is 0. The molecule has 4 heterocycles. The van der Waals surface area contributed by atoms with Crippen LogP contribution in [0.4, 0.5) is 0 Å². The van der Waals surface area contributed by atoms with Crippen molar-refractivity contribution < 1.29 is 0 Å². The zero-order valence-electron chi connectivity index (χ0n) is 20.7. The van der Waals surface area contributed by atoms with Crippen LogP contribution in [0, 0.1) is 0 Å². The molecule has 34 heavy (non-hydrogen) atoms. The zero-order chi connectivity index (χ0) is 24.6. The third-order valence-electron chi connectivity index (χ3n) is 6.32. The number of nitrogens with zero attached hydrogens (tertiary/aromatic N) is 4. The standard InChI is InChI=1S/C27H32BrN5O/c1-16(2)7-8-20(11-17(3)4)21-12-22-15-32(10-9-24(22)29-13-21)26-19(6)18(5)25-30-14-23(28)27(34)33(25)31-26/h7-8,11-14,26,31H,9-10,15H2,1-6H3/b20-8+. The lowest BCUT2D eigenvalue weighted by atomic mass is 9.97. The maximum absolute atomic E-state index is 12.8. The van der Waals surface area contributed by atoms with Crippen LogP contribution in [0.25, 0.3) is 11.1 Å². The second-order valence-corrected chi connectivity index (χ2v) is 10.4. The number of rotatable bonds is 4. The van der Waals surface area contributed by atoms with Gasteiger partial charge in [-0.25, -0.2) is 9.66 Å². The molecule has 0 spiro atoms. The van der Waals surface area contributed by atoms with Crippen LogP contribution < -0.4 is 11.0 Å². The van der Waals surface area contributed by atoms with Crippen LogP contribution in [-0.4, -0.2) is 32.3 Å². The van der Waals surface area contributed by atoms with Gasteiger partial charge < -0.3 is 0 Å². The summed E-state index contributed by atoms with van der Waals surface area (Å²) in [6.07, 6.45) is 10.9. The van der Waals surface area contributed by atoms with Gasteiger partial charge in [-0.05, 0) is 85.8 Å². The second kappa shape index (κ2) is 9.84. The lowest BCUT2D eigenvalue weighted by molar-refractivity contribution is 0.204. The second-order valence-electron chi connectivity index (χ2n) is 9.55. The van der Waals surface area contributed by atoms with Gasteiger partial charge in [0.25, 0.3) is 5.56 Å². The molecule has 178 valence electrons. The Bertz CT molecular complexity index is 1310. The number of hydrogen-bond donors (Lipinski definition) is 1. The molecule has 0 saturated carbocycles. The number of pyridine rings is 1. The Morgan fingerprint density at radius 1 is 1.12 bits per heavy atom. The molecule has 2 aromatic heterocycles. The van der Waals surface area contributed by atoms with Crippen molar-refractivity contribution in [2.24, 2.45) is 0 Å². The third kappa shape index (κ3) is 4.86. The number of fused-ring (bicyclic) bond motifs is 2. The van der Waals surface area contributed by atoms with Gasteiger partial charge in [-0.2, -0.15) is 0 Å². The Hall–Kier alpha value is -2.77. The van der Waals surface area contributed by atoms with Gasteiger partial charge in [0.2, 0.25) is 0 Å². The number of nitrogens with one attached hydrogen (secondary N) is 1. The molecule has 2 aliphatic heterocycles. The monoisotopic (exact) mass is 521 g/mol. The number of halogens is 1. The quantitative estimate of drug-likeness (QED) is 0.541. The Balaban J connectivity index is 1.67. The van der Waals surface area contributed by atoms with E-state index in [-0.39, 0.29) is 11.7 Å². The van der Waals surface area contributed by atoms with Crippen LogP contribution in [0.15, 0.2) is 62.7 Å². The van der Waals surface area contributed by atoms with E-state index in [1.807, 2.05) is 13.1 Å². The van der Waals surface area contributed by atoms with Crippen molar-refractivity contribution in [2.75, 3.05) is 12.0 Å². The summed E-state index contributed by atoms with van der Waals surface area (Å²) in [5.41, 5.74) is 12.7. The Morgan fingerprint density at radius 2 is 1.88 bits per heavy atom. The van der Waals surface area contributed by atoms with Gasteiger partial charge in [-0.3, -0.25) is 20.1 Å². The molecule has 6 nitrogen and oxygen atoms in total. The molecular formula is C27H32BrN5O. The van der Waals surface area contributed by atoms with Gasteiger partial charge in [0.05, 0.1) is 0 Å². The van der Waals surface area contributed by atoms with E-state index in [9.17, 15) is 4.79 Å². The van der Waals surface area contributed by atoms with Gasteiger partial charge in [0.1, 0.15) is 10.6 Å². The molecule has 1 unspecified atom stereocenters. The normalized spacial score (nSPS) is 18.1. The minimum Gasteiger partial charge on any atom is -0.300 e. The fourth-order valence-corrected chi connectivity index (χ4v) is 4.68. The van der Waals surface area contributed by atoms with Gasteiger partial charge in [-0.1, -0.05) is 29.4 Å². The fourth-order valence-electron chi connectivity index (χ4n) is 4.40.